The number of nitrogens with one attached hydrogen (secondary N) is 2. The fourth-order valence-corrected chi connectivity index (χ4v) is 2.82. The topological polar surface area (TPSA) is 87.7 Å². The first-order valence-electron chi connectivity index (χ1n) is 8.18. The Labute approximate surface area is 150 Å². The Morgan fingerprint density at radius 3 is 2.42 bits per heavy atom. The molecule has 2 aromatic carbocycles. The summed E-state index contributed by atoms with van der Waals surface area (Å²) in [6.07, 6.45) is 0.254. The highest BCUT2D eigenvalue weighted by Crippen LogP contribution is 2.21. The highest BCUT2D eigenvalue weighted by Gasteiger charge is 2.31. The van der Waals surface area contributed by atoms with Crippen molar-refractivity contribution >= 4 is 29.3 Å². The average molecular weight is 353 g/mol. The van der Waals surface area contributed by atoms with Crippen molar-refractivity contribution < 1.29 is 19.1 Å². The van der Waals surface area contributed by atoms with Crippen LogP contribution in [0.2, 0.25) is 0 Å². The highest BCUT2D eigenvalue weighted by molar-refractivity contribution is 5.97. The lowest BCUT2D eigenvalue weighted by molar-refractivity contribution is -0.117. The summed E-state index contributed by atoms with van der Waals surface area (Å²) in [7, 11) is 1.31. The minimum Gasteiger partial charge on any atom is -0.465 e. The Morgan fingerprint density at radius 2 is 1.77 bits per heavy atom. The van der Waals surface area contributed by atoms with Crippen LogP contribution in [0.1, 0.15) is 16.8 Å². The first kappa shape index (κ1) is 17.5. The molecular formula is C19H19N3O4. The van der Waals surface area contributed by atoms with Crippen LogP contribution in [0, 0.1) is 0 Å². The molecule has 2 N–H and O–H groups in total. The lowest BCUT2D eigenvalue weighted by Gasteiger charge is -2.17. The number of para-hydroxylation sites is 1. The Balaban J connectivity index is 1.55. The normalized spacial score (nSPS) is 16.3. The van der Waals surface area contributed by atoms with Gasteiger partial charge in [0.1, 0.15) is 0 Å². The molecule has 0 radical (unpaired) electrons. The number of hydrogen-bond acceptors (Lipinski definition) is 4. The van der Waals surface area contributed by atoms with Crippen LogP contribution in [0.25, 0.3) is 0 Å². The minimum atomic E-state index is -0.438. The van der Waals surface area contributed by atoms with Crippen LogP contribution in [-0.2, 0) is 9.53 Å². The summed E-state index contributed by atoms with van der Waals surface area (Å²) in [5.74, 6) is -0.463. The van der Waals surface area contributed by atoms with Gasteiger partial charge >= 0.3 is 12.0 Å². The standard InChI is InChI=1S/C19H19N3O4/c1-26-18(24)13-7-9-14(10-8-13)20-19(25)21-15-11-17(23)22(12-15)16-5-3-2-4-6-16/h2-10,15H,11-12H2,1H3,(H2,20,21,25). The van der Waals surface area contributed by atoms with Gasteiger partial charge in [0.2, 0.25) is 5.91 Å². The molecule has 1 atom stereocenters. The van der Waals surface area contributed by atoms with Gasteiger partial charge in [0, 0.05) is 24.3 Å². The zero-order valence-electron chi connectivity index (χ0n) is 14.3. The van der Waals surface area contributed by atoms with Gasteiger partial charge in [0.15, 0.2) is 0 Å². The van der Waals surface area contributed by atoms with Crippen LogP contribution in [0.3, 0.4) is 0 Å². The van der Waals surface area contributed by atoms with Crippen molar-refractivity contribution in [3.63, 3.8) is 0 Å². The zero-order chi connectivity index (χ0) is 18.5. The number of rotatable bonds is 4. The van der Waals surface area contributed by atoms with Crippen molar-refractivity contribution in [2.24, 2.45) is 0 Å². The van der Waals surface area contributed by atoms with E-state index < -0.39 is 12.0 Å². The second kappa shape index (κ2) is 7.69. The fraction of sp³-hybridized carbons (Fsp3) is 0.211. The van der Waals surface area contributed by atoms with E-state index >= 15 is 0 Å². The van der Waals surface area contributed by atoms with Gasteiger partial charge < -0.3 is 20.3 Å². The highest BCUT2D eigenvalue weighted by atomic mass is 16.5. The van der Waals surface area contributed by atoms with Gasteiger partial charge in [-0.05, 0) is 36.4 Å². The number of amides is 3. The molecule has 0 spiro atoms. The third-order valence-corrected chi connectivity index (χ3v) is 4.09. The molecule has 2 aromatic rings. The third kappa shape index (κ3) is 4.00. The number of urea groups is 1. The fourth-order valence-electron chi connectivity index (χ4n) is 2.82. The number of benzene rings is 2. The molecule has 26 heavy (non-hydrogen) atoms. The lowest BCUT2D eigenvalue weighted by Crippen LogP contribution is -2.39. The van der Waals surface area contributed by atoms with Crippen LogP contribution < -0.4 is 15.5 Å². The molecule has 1 aliphatic rings. The first-order chi connectivity index (χ1) is 12.6. The molecule has 134 valence electrons. The van der Waals surface area contributed by atoms with E-state index in [1.807, 2.05) is 30.3 Å². The predicted molar refractivity (Wildman–Crippen MR) is 97.1 cm³/mol. The number of ether oxygens (including phenoxy) is 1. The molecule has 7 heteroatoms. The maximum Gasteiger partial charge on any atom is 0.337 e. The van der Waals surface area contributed by atoms with Crippen LogP contribution in [0.5, 0.6) is 0 Å². The summed E-state index contributed by atoms with van der Waals surface area (Å²) in [4.78, 5) is 37.4. The molecule has 1 heterocycles. The van der Waals surface area contributed by atoms with Crippen LogP contribution in [-0.4, -0.2) is 37.6 Å². The molecule has 0 saturated carbocycles. The van der Waals surface area contributed by atoms with E-state index in [9.17, 15) is 14.4 Å². The Hall–Kier alpha value is -3.35. The second-order valence-corrected chi connectivity index (χ2v) is 5.91. The van der Waals surface area contributed by atoms with Crippen LogP contribution in [0.4, 0.5) is 16.2 Å². The number of anilines is 2. The molecule has 1 unspecified atom stereocenters. The number of hydrogen-bond donors (Lipinski definition) is 2. The minimum absolute atomic E-state index is 0.0241. The SMILES string of the molecule is COC(=O)c1ccc(NC(=O)NC2CC(=O)N(c3ccccc3)C2)cc1. The van der Waals surface area contributed by atoms with E-state index in [1.54, 1.807) is 29.2 Å². The summed E-state index contributed by atoms with van der Waals surface area (Å²) in [5.41, 5.74) is 1.76. The predicted octanol–water partition coefficient (Wildman–Crippen LogP) is 2.40. The van der Waals surface area contributed by atoms with Gasteiger partial charge in [0.05, 0.1) is 18.7 Å². The van der Waals surface area contributed by atoms with Crippen molar-refractivity contribution in [3.8, 4) is 0 Å². The van der Waals surface area contributed by atoms with E-state index in [4.69, 9.17) is 0 Å². The van der Waals surface area contributed by atoms with Crippen molar-refractivity contribution in [1.29, 1.82) is 0 Å². The second-order valence-electron chi connectivity index (χ2n) is 5.91. The van der Waals surface area contributed by atoms with Crippen molar-refractivity contribution in [1.82, 2.24) is 5.32 Å². The summed E-state index contributed by atoms with van der Waals surface area (Å²) in [6, 6.07) is 15.0. The van der Waals surface area contributed by atoms with E-state index in [0.29, 0.717) is 17.8 Å². The smallest absolute Gasteiger partial charge is 0.337 e. The van der Waals surface area contributed by atoms with Crippen LogP contribution >= 0.6 is 0 Å². The number of esters is 1. The Kier molecular flexibility index (Phi) is 5.17. The van der Waals surface area contributed by atoms with Crippen molar-refractivity contribution in [3.05, 3.63) is 60.2 Å². The largest absolute Gasteiger partial charge is 0.465 e. The van der Waals surface area contributed by atoms with Gasteiger partial charge in [-0.1, -0.05) is 18.2 Å². The Bertz CT molecular complexity index is 805. The quantitative estimate of drug-likeness (QED) is 0.826. The third-order valence-electron chi connectivity index (χ3n) is 4.09. The van der Waals surface area contributed by atoms with Gasteiger partial charge in [-0.25, -0.2) is 9.59 Å². The molecule has 0 bridgehead atoms. The zero-order valence-corrected chi connectivity index (χ0v) is 14.3. The molecule has 1 fully saturated rings. The molecule has 7 nitrogen and oxygen atoms in total. The van der Waals surface area contributed by atoms with Gasteiger partial charge in [-0.3, -0.25) is 4.79 Å². The van der Waals surface area contributed by atoms with Crippen molar-refractivity contribution in [2.45, 2.75) is 12.5 Å². The lowest BCUT2D eigenvalue weighted by atomic mass is 10.2. The molecule has 1 aliphatic heterocycles. The first-order valence-corrected chi connectivity index (χ1v) is 8.18. The van der Waals surface area contributed by atoms with E-state index in [1.165, 1.54) is 7.11 Å². The number of nitrogens with zero attached hydrogens (tertiary/aromatic N) is 1. The maximum atomic E-state index is 12.2. The molecule has 3 rings (SSSR count). The molecule has 1 saturated heterocycles. The summed E-state index contributed by atoms with van der Waals surface area (Å²) < 4.78 is 4.63. The Morgan fingerprint density at radius 1 is 1.08 bits per heavy atom. The summed E-state index contributed by atoms with van der Waals surface area (Å²) in [5, 5.41) is 5.49. The summed E-state index contributed by atoms with van der Waals surface area (Å²) >= 11 is 0. The molecule has 0 aliphatic carbocycles. The molecular weight excluding hydrogens is 334 g/mol. The van der Waals surface area contributed by atoms with Gasteiger partial charge in [0.25, 0.3) is 0 Å². The number of methoxy groups -OCH3 is 1. The van der Waals surface area contributed by atoms with Gasteiger partial charge in [-0.15, -0.1) is 0 Å². The van der Waals surface area contributed by atoms with E-state index in [0.717, 1.165) is 5.69 Å². The summed E-state index contributed by atoms with van der Waals surface area (Å²) in [6.45, 7) is 0.428. The van der Waals surface area contributed by atoms with E-state index in [2.05, 4.69) is 15.4 Å². The van der Waals surface area contributed by atoms with Gasteiger partial charge in [-0.2, -0.15) is 0 Å². The monoisotopic (exact) mass is 353 g/mol. The number of carbonyl (C=O) groups excluding carboxylic acids is 3. The number of carbonyl (C=O) groups is 3. The van der Waals surface area contributed by atoms with Crippen LogP contribution in [0.15, 0.2) is 54.6 Å². The van der Waals surface area contributed by atoms with E-state index in [-0.39, 0.29) is 18.4 Å². The molecule has 0 aromatic heterocycles. The average Bonchev–Trinajstić information content (AvgIpc) is 3.02. The maximum absolute atomic E-state index is 12.2. The molecule has 3 amide bonds. The van der Waals surface area contributed by atoms with Crippen molar-refractivity contribution in [2.75, 3.05) is 23.9 Å².